The second-order valence-electron chi connectivity index (χ2n) is 6.14. The molecular formula is C22H20N2O4. The van der Waals surface area contributed by atoms with Gasteiger partial charge in [-0.1, -0.05) is 47.6 Å². The van der Waals surface area contributed by atoms with Gasteiger partial charge in [-0.25, -0.2) is 0 Å². The Bertz CT molecular complexity index is 983. The molecule has 0 amide bonds. The summed E-state index contributed by atoms with van der Waals surface area (Å²) in [5.41, 5.74) is 4.44. The monoisotopic (exact) mass is 376 g/mol. The average Bonchev–Trinajstić information content (AvgIpc) is 2.74. The van der Waals surface area contributed by atoms with E-state index in [0.29, 0.717) is 17.1 Å². The maximum atomic E-state index is 10.5. The molecule has 0 aliphatic heterocycles. The highest BCUT2D eigenvalue weighted by atomic mass is 16.6. The first kappa shape index (κ1) is 19.1. The zero-order valence-corrected chi connectivity index (χ0v) is 15.6. The van der Waals surface area contributed by atoms with Gasteiger partial charge in [-0.15, -0.1) is 4.91 Å². The quantitative estimate of drug-likeness (QED) is 0.340. The average molecular weight is 376 g/mol. The zero-order chi connectivity index (χ0) is 19.9. The van der Waals surface area contributed by atoms with Gasteiger partial charge in [0.05, 0.1) is 12.8 Å². The summed E-state index contributed by atoms with van der Waals surface area (Å²) in [6.45, 7) is 2.06. The van der Waals surface area contributed by atoms with E-state index in [2.05, 4.69) is 10.3 Å². The van der Waals surface area contributed by atoms with Crippen molar-refractivity contribution in [1.29, 1.82) is 0 Å². The van der Waals surface area contributed by atoms with Gasteiger partial charge in [0.15, 0.2) is 11.5 Å². The lowest BCUT2D eigenvalue weighted by atomic mass is 9.96. The molecule has 0 heterocycles. The Labute approximate surface area is 163 Å². The third-order valence-electron chi connectivity index (χ3n) is 4.27. The molecule has 3 aromatic carbocycles. The summed E-state index contributed by atoms with van der Waals surface area (Å²) in [5, 5.41) is 17.3. The molecule has 0 aromatic heterocycles. The minimum absolute atomic E-state index is 0.0312. The highest BCUT2D eigenvalue weighted by molar-refractivity contribution is 6.05. The van der Waals surface area contributed by atoms with E-state index in [0.717, 1.165) is 22.3 Å². The lowest BCUT2D eigenvalue weighted by molar-refractivity contribution is 0.130. The molecule has 0 bridgehead atoms. The smallest absolute Gasteiger partial charge is 0.161 e. The minimum atomic E-state index is 0.0312. The number of rotatable bonds is 7. The first-order valence-electron chi connectivity index (χ1n) is 8.68. The number of ether oxygens (including phenoxy) is 1. The third-order valence-corrected chi connectivity index (χ3v) is 4.27. The van der Waals surface area contributed by atoms with E-state index in [1.165, 1.54) is 7.11 Å². The van der Waals surface area contributed by atoms with Crippen LogP contribution in [0.15, 0.2) is 77.1 Å². The van der Waals surface area contributed by atoms with Crippen molar-refractivity contribution in [2.75, 3.05) is 7.11 Å². The largest absolute Gasteiger partial charge is 0.504 e. The summed E-state index contributed by atoms with van der Waals surface area (Å²) in [4.78, 5) is 15.9. The molecular weight excluding hydrogens is 356 g/mol. The first-order valence-corrected chi connectivity index (χ1v) is 8.68. The molecule has 3 rings (SSSR count). The Morgan fingerprint density at radius 1 is 1.04 bits per heavy atom. The molecule has 6 nitrogen and oxygen atoms in total. The van der Waals surface area contributed by atoms with Crippen LogP contribution >= 0.6 is 0 Å². The number of methoxy groups -OCH3 is 1. The molecule has 0 aliphatic rings. The van der Waals surface area contributed by atoms with Gasteiger partial charge < -0.3 is 14.7 Å². The number of nitrogens with zero attached hydrogens (tertiary/aromatic N) is 2. The van der Waals surface area contributed by atoms with Crippen molar-refractivity contribution in [1.82, 2.24) is 0 Å². The molecule has 6 heteroatoms. The van der Waals surface area contributed by atoms with Gasteiger partial charge in [0.1, 0.15) is 12.3 Å². The molecule has 142 valence electrons. The number of aromatic hydroxyl groups is 1. The predicted molar refractivity (Wildman–Crippen MR) is 109 cm³/mol. The number of oxime groups is 1. The molecule has 0 unspecified atom stereocenters. The lowest BCUT2D eigenvalue weighted by Gasteiger charge is -2.13. The van der Waals surface area contributed by atoms with Gasteiger partial charge in [-0.3, -0.25) is 0 Å². The van der Waals surface area contributed by atoms with Crippen LogP contribution in [0.5, 0.6) is 11.5 Å². The van der Waals surface area contributed by atoms with Crippen molar-refractivity contribution in [3.05, 3.63) is 82.8 Å². The Morgan fingerprint density at radius 3 is 2.39 bits per heavy atom. The van der Waals surface area contributed by atoms with Crippen molar-refractivity contribution in [2.45, 2.75) is 13.5 Å². The maximum absolute atomic E-state index is 10.5. The first-order chi connectivity index (χ1) is 13.6. The van der Waals surface area contributed by atoms with E-state index in [-0.39, 0.29) is 12.4 Å². The topological polar surface area (TPSA) is 80.5 Å². The van der Waals surface area contributed by atoms with Gasteiger partial charge in [0.25, 0.3) is 0 Å². The zero-order valence-electron chi connectivity index (χ0n) is 15.6. The van der Waals surface area contributed by atoms with Crippen LogP contribution in [0.25, 0.3) is 11.1 Å². The van der Waals surface area contributed by atoms with E-state index in [4.69, 9.17) is 9.57 Å². The number of phenols is 1. The third kappa shape index (κ3) is 4.35. The number of benzene rings is 3. The summed E-state index contributed by atoms with van der Waals surface area (Å²) < 4.78 is 5.25. The van der Waals surface area contributed by atoms with Crippen LogP contribution in [0.3, 0.4) is 0 Å². The van der Waals surface area contributed by atoms with Gasteiger partial charge in [-0.2, -0.15) is 0 Å². The van der Waals surface area contributed by atoms with E-state index in [9.17, 15) is 10.0 Å². The molecule has 28 heavy (non-hydrogen) atoms. The van der Waals surface area contributed by atoms with Crippen LogP contribution < -0.4 is 4.74 Å². The summed E-state index contributed by atoms with van der Waals surface area (Å²) >= 11 is 0. The van der Waals surface area contributed by atoms with Crippen LogP contribution in [0.1, 0.15) is 18.1 Å². The van der Waals surface area contributed by atoms with E-state index < -0.39 is 0 Å². The van der Waals surface area contributed by atoms with E-state index in [1.807, 2.05) is 37.3 Å². The fourth-order valence-corrected chi connectivity index (χ4v) is 2.79. The molecule has 0 atom stereocenters. The number of hydrogen-bond donors (Lipinski definition) is 1. The normalized spacial score (nSPS) is 11.1. The van der Waals surface area contributed by atoms with Crippen LogP contribution in [-0.2, 0) is 11.4 Å². The highest BCUT2D eigenvalue weighted by Crippen LogP contribution is 2.35. The number of nitroso groups, excluding NO2 is 1. The van der Waals surface area contributed by atoms with Crippen LogP contribution in [0, 0.1) is 4.91 Å². The van der Waals surface area contributed by atoms with Crippen molar-refractivity contribution < 1.29 is 14.7 Å². The van der Waals surface area contributed by atoms with Crippen LogP contribution in [0.4, 0.5) is 5.69 Å². The van der Waals surface area contributed by atoms with Gasteiger partial charge in [0, 0.05) is 5.56 Å². The predicted octanol–water partition coefficient (Wildman–Crippen LogP) is 5.41. The second-order valence-corrected chi connectivity index (χ2v) is 6.14. The fourth-order valence-electron chi connectivity index (χ4n) is 2.79. The van der Waals surface area contributed by atoms with E-state index in [1.54, 1.807) is 36.4 Å². The van der Waals surface area contributed by atoms with E-state index >= 15 is 0 Å². The van der Waals surface area contributed by atoms with Crippen molar-refractivity contribution in [2.24, 2.45) is 10.3 Å². The van der Waals surface area contributed by atoms with Crippen LogP contribution in [-0.4, -0.2) is 17.9 Å². The van der Waals surface area contributed by atoms with Gasteiger partial charge >= 0.3 is 0 Å². The van der Waals surface area contributed by atoms with Crippen LogP contribution in [0.2, 0.25) is 0 Å². The molecule has 0 radical (unpaired) electrons. The summed E-state index contributed by atoms with van der Waals surface area (Å²) in [5.74, 6) is 0.420. The Morgan fingerprint density at radius 2 is 1.75 bits per heavy atom. The summed E-state index contributed by atoms with van der Waals surface area (Å²) in [6, 6.07) is 20.0. The number of phenolic OH excluding ortho intramolecular Hbond substituents is 1. The van der Waals surface area contributed by atoms with Crippen molar-refractivity contribution >= 4 is 11.4 Å². The van der Waals surface area contributed by atoms with Gasteiger partial charge in [-0.05, 0) is 53.1 Å². The molecule has 0 saturated carbocycles. The second kappa shape index (κ2) is 8.81. The molecule has 1 N–H and O–H groups in total. The van der Waals surface area contributed by atoms with Crippen molar-refractivity contribution in [3.8, 4) is 22.6 Å². The summed E-state index contributed by atoms with van der Waals surface area (Å²) in [6.07, 6.45) is 0. The summed E-state index contributed by atoms with van der Waals surface area (Å²) in [7, 11) is 1.51. The number of hydrogen-bond acceptors (Lipinski definition) is 6. The fraction of sp³-hybridized carbons (Fsp3) is 0.136. The molecule has 0 fully saturated rings. The van der Waals surface area contributed by atoms with Crippen molar-refractivity contribution in [3.63, 3.8) is 0 Å². The molecule has 3 aromatic rings. The Kier molecular flexibility index (Phi) is 6.01. The Hall–Kier alpha value is -3.67. The lowest BCUT2D eigenvalue weighted by Crippen LogP contribution is -2.01. The highest BCUT2D eigenvalue weighted by Gasteiger charge is 2.14. The molecule has 0 spiro atoms. The van der Waals surface area contributed by atoms with Gasteiger partial charge in [0.2, 0.25) is 0 Å². The molecule has 0 saturated heterocycles. The SMILES string of the molecule is COc1cc(-c2ccccc2)c(/C(C)=N/OCc2ccc(N=O)cc2)cc1O. The Balaban J connectivity index is 1.87. The minimum Gasteiger partial charge on any atom is -0.504 e. The maximum Gasteiger partial charge on any atom is 0.161 e. The molecule has 0 aliphatic carbocycles. The standard InChI is InChI=1S/C22H20N2O4/c1-15(24-28-14-16-8-10-18(23-26)11-9-16)19-12-21(25)22(27-2)13-20(19)17-6-4-3-5-7-17/h3-13,25H,14H2,1-2H3/b24-15+.